The Hall–Kier alpha value is -4.25. The third-order valence-corrected chi connectivity index (χ3v) is 6.37. The highest BCUT2D eigenvalue weighted by Crippen LogP contribution is 2.44. The number of esters is 2. The van der Waals surface area contributed by atoms with Crippen molar-refractivity contribution >= 4 is 23.5 Å². The zero-order chi connectivity index (χ0) is 28.6. The summed E-state index contributed by atoms with van der Waals surface area (Å²) in [4.78, 5) is 37.1. The molecule has 11 heteroatoms. The monoisotopic (exact) mass is 545 g/mol. The highest BCUT2D eigenvalue weighted by atomic mass is 19.4. The molecule has 0 fully saturated rings. The molecule has 3 aromatic carbocycles. The Kier molecular flexibility index (Phi) is 7.22. The van der Waals surface area contributed by atoms with Crippen LogP contribution in [0.15, 0.2) is 66.7 Å². The van der Waals surface area contributed by atoms with Crippen molar-refractivity contribution in [1.82, 2.24) is 0 Å². The van der Waals surface area contributed by atoms with Crippen LogP contribution < -0.4 is 10.1 Å². The van der Waals surface area contributed by atoms with E-state index in [9.17, 15) is 37.1 Å². The number of carbonyl (C=O) groups is 3. The number of ether oxygens (including phenoxy) is 2. The van der Waals surface area contributed by atoms with Gasteiger partial charge in [0.05, 0.1) is 11.1 Å². The van der Waals surface area contributed by atoms with Gasteiger partial charge in [0.15, 0.2) is 0 Å². The molecule has 1 amide bonds. The van der Waals surface area contributed by atoms with E-state index >= 15 is 0 Å². The number of hydrogen-bond acceptors (Lipinski definition) is 6. The standard InChI is InChI=1S/C28H23F4NO6/c1-26(2,21-13-18(29)8-11-22(21)39-23(34)16-6-4-3-5-7-16)15-27(37,28(30,31)32)25(36)33-19-9-10-20-17(12-19)14-38-24(20)35/h3-13,37H,14-15H2,1-2H3,(H,33,36). The van der Waals surface area contributed by atoms with Crippen LogP contribution in [0.4, 0.5) is 23.2 Å². The lowest BCUT2D eigenvalue weighted by Gasteiger charge is -2.37. The van der Waals surface area contributed by atoms with Gasteiger partial charge in [-0.25, -0.2) is 14.0 Å². The molecule has 0 saturated heterocycles. The molecule has 0 spiro atoms. The fourth-order valence-electron chi connectivity index (χ4n) is 4.34. The van der Waals surface area contributed by atoms with Crippen LogP contribution in [0.3, 0.4) is 0 Å². The first-order valence-electron chi connectivity index (χ1n) is 11.7. The molecule has 39 heavy (non-hydrogen) atoms. The number of benzene rings is 3. The number of anilines is 1. The third-order valence-electron chi connectivity index (χ3n) is 6.37. The van der Waals surface area contributed by atoms with Crippen LogP contribution in [-0.2, 0) is 21.6 Å². The smallest absolute Gasteiger partial charge is 0.426 e. The largest absolute Gasteiger partial charge is 0.457 e. The van der Waals surface area contributed by atoms with Crippen molar-refractivity contribution in [2.45, 2.75) is 44.1 Å². The Balaban J connectivity index is 1.64. The quantitative estimate of drug-likeness (QED) is 0.237. The number of rotatable bonds is 7. The number of halogens is 4. The first-order chi connectivity index (χ1) is 18.2. The van der Waals surface area contributed by atoms with E-state index in [0.29, 0.717) is 5.56 Å². The second-order valence-electron chi connectivity index (χ2n) is 9.72. The first kappa shape index (κ1) is 27.8. The van der Waals surface area contributed by atoms with Crippen molar-refractivity contribution in [1.29, 1.82) is 0 Å². The molecule has 2 N–H and O–H groups in total. The maximum absolute atomic E-state index is 14.3. The number of carbonyl (C=O) groups excluding carboxylic acids is 3. The van der Waals surface area contributed by atoms with E-state index < -0.39 is 47.3 Å². The lowest BCUT2D eigenvalue weighted by atomic mass is 9.74. The Bertz CT molecular complexity index is 1440. The Labute approximate surface area is 220 Å². The van der Waals surface area contributed by atoms with Crippen molar-refractivity contribution in [2.75, 3.05) is 5.32 Å². The normalized spacial score (nSPS) is 14.7. The van der Waals surface area contributed by atoms with E-state index in [2.05, 4.69) is 5.32 Å². The zero-order valence-electron chi connectivity index (χ0n) is 20.8. The minimum atomic E-state index is -5.45. The van der Waals surface area contributed by atoms with Gasteiger partial charge in [-0.15, -0.1) is 0 Å². The fourth-order valence-corrected chi connectivity index (χ4v) is 4.34. The van der Waals surface area contributed by atoms with Gasteiger partial charge in [0.25, 0.3) is 5.91 Å². The van der Waals surface area contributed by atoms with Gasteiger partial charge >= 0.3 is 18.1 Å². The van der Waals surface area contributed by atoms with Crippen molar-refractivity contribution in [3.63, 3.8) is 0 Å². The van der Waals surface area contributed by atoms with Crippen molar-refractivity contribution < 1.29 is 46.5 Å². The predicted molar refractivity (Wildman–Crippen MR) is 131 cm³/mol. The molecule has 3 aromatic rings. The lowest BCUT2D eigenvalue weighted by molar-refractivity contribution is -0.254. The summed E-state index contributed by atoms with van der Waals surface area (Å²) in [6.45, 7) is 2.40. The van der Waals surface area contributed by atoms with Gasteiger partial charge in [-0.2, -0.15) is 13.2 Å². The number of alkyl halides is 3. The minimum Gasteiger partial charge on any atom is -0.457 e. The van der Waals surface area contributed by atoms with Gasteiger partial charge in [0.2, 0.25) is 5.60 Å². The average Bonchev–Trinajstić information content (AvgIpc) is 3.24. The molecule has 4 rings (SSSR count). The Morgan fingerprint density at radius 3 is 2.38 bits per heavy atom. The SMILES string of the molecule is CC(C)(CC(O)(C(=O)Nc1ccc2c(c1)COC2=O)C(F)(F)F)c1cc(F)ccc1OC(=O)c1ccccc1. The highest BCUT2D eigenvalue weighted by molar-refractivity contribution is 5.99. The maximum Gasteiger partial charge on any atom is 0.426 e. The van der Waals surface area contributed by atoms with Crippen LogP contribution in [0.1, 0.15) is 52.1 Å². The molecule has 1 atom stereocenters. The van der Waals surface area contributed by atoms with E-state index in [0.717, 1.165) is 18.2 Å². The predicted octanol–water partition coefficient (Wildman–Crippen LogP) is 5.32. The summed E-state index contributed by atoms with van der Waals surface area (Å²) in [5.41, 5.74) is -5.22. The number of hydrogen-bond donors (Lipinski definition) is 2. The van der Waals surface area contributed by atoms with Gasteiger partial charge in [-0.3, -0.25) is 4.79 Å². The van der Waals surface area contributed by atoms with Crippen LogP contribution >= 0.6 is 0 Å². The summed E-state index contributed by atoms with van der Waals surface area (Å²) in [7, 11) is 0. The summed E-state index contributed by atoms with van der Waals surface area (Å²) in [5.74, 6) is -4.28. The van der Waals surface area contributed by atoms with E-state index in [1.807, 2.05) is 0 Å². The van der Waals surface area contributed by atoms with Crippen molar-refractivity contribution in [2.24, 2.45) is 0 Å². The molecular formula is C28H23F4NO6. The maximum atomic E-state index is 14.3. The Morgan fingerprint density at radius 2 is 1.72 bits per heavy atom. The van der Waals surface area contributed by atoms with Gasteiger partial charge in [0, 0.05) is 23.2 Å². The number of nitrogens with one attached hydrogen (secondary N) is 1. The van der Waals surface area contributed by atoms with Gasteiger partial charge in [-0.05, 0) is 53.9 Å². The fraction of sp³-hybridized carbons (Fsp3) is 0.250. The zero-order valence-corrected chi connectivity index (χ0v) is 20.8. The summed E-state index contributed by atoms with van der Waals surface area (Å²) in [6, 6.07) is 14.5. The number of fused-ring (bicyclic) bond motifs is 1. The van der Waals surface area contributed by atoms with E-state index in [4.69, 9.17) is 9.47 Å². The third kappa shape index (κ3) is 5.63. The minimum absolute atomic E-state index is 0.0965. The summed E-state index contributed by atoms with van der Waals surface area (Å²) >= 11 is 0. The van der Waals surface area contributed by atoms with E-state index in [1.165, 1.54) is 44.2 Å². The summed E-state index contributed by atoms with van der Waals surface area (Å²) < 4.78 is 67.2. The summed E-state index contributed by atoms with van der Waals surface area (Å²) in [6.07, 6.45) is -6.69. The van der Waals surface area contributed by atoms with Crippen LogP contribution in [-0.4, -0.2) is 34.7 Å². The van der Waals surface area contributed by atoms with Crippen LogP contribution in [0.2, 0.25) is 0 Å². The van der Waals surface area contributed by atoms with Crippen LogP contribution in [0, 0.1) is 5.82 Å². The molecular weight excluding hydrogens is 522 g/mol. The van der Waals surface area contributed by atoms with Crippen molar-refractivity contribution in [3.05, 3.63) is 94.8 Å². The molecule has 1 unspecified atom stereocenters. The average molecular weight is 545 g/mol. The lowest BCUT2D eigenvalue weighted by Crippen LogP contribution is -2.57. The molecule has 0 bridgehead atoms. The second-order valence-corrected chi connectivity index (χ2v) is 9.72. The van der Waals surface area contributed by atoms with Crippen LogP contribution in [0.5, 0.6) is 5.75 Å². The molecule has 204 valence electrons. The van der Waals surface area contributed by atoms with Gasteiger partial charge in [-0.1, -0.05) is 32.0 Å². The topological polar surface area (TPSA) is 102 Å². The molecule has 0 aliphatic carbocycles. The molecule has 1 heterocycles. The van der Waals surface area contributed by atoms with Crippen molar-refractivity contribution in [3.8, 4) is 5.75 Å². The number of amides is 1. The molecule has 0 aromatic heterocycles. The van der Waals surface area contributed by atoms with Gasteiger partial charge < -0.3 is 19.9 Å². The molecule has 0 radical (unpaired) electrons. The molecule has 0 saturated carbocycles. The molecule has 1 aliphatic heterocycles. The number of cyclic esters (lactones) is 1. The first-order valence-corrected chi connectivity index (χ1v) is 11.7. The molecule has 7 nitrogen and oxygen atoms in total. The van der Waals surface area contributed by atoms with Gasteiger partial charge in [0.1, 0.15) is 18.2 Å². The van der Waals surface area contributed by atoms with Crippen LogP contribution in [0.25, 0.3) is 0 Å². The molecule has 1 aliphatic rings. The Morgan fingerprint density at radius 1 is 1.03 bits per heavy atom. The summed E-state index contributed by atoms with van der Waals surface area (Å²) in [5, 5.41) is 12.9. The highest BCUT2D eigenvalue weighted by Gasteiger charge is 2.61. The second kappa shape index (κ2) is 10.1. The van der Waals surface area contributed by atoms with E-state index in [1.54, 1.807) is 18.2 Å². The number of aliphatic hydroxyl groups is 1. The van der Waals surface area contributed by atoms with E-state index in [-0.39, 0.29) is 34.7 Å².